The lowest BCUT2D eigenvalue weighted by Gasteiger charge is -2.07. The SMILES string of the molecule is CCC(C)NCc1nc2cccc(Cl)c2o1. The van der Waals surface area contributed by atoms with E-state index < -0.39 is 0 Å². The zero-order valence-corrected chi connectivity index (χ0v) is 10.2. The van der Waals surface area contributed by atoms with Crippen molar-refractivity contribution >= 4 is 22.7 Å². The highest BCUT2D eigenvalue weighted by molar-refractivity contribution is 6.34. The first kappa shape index (κ1) is 11.4. The minimum atomic E-state index is 0.463. The van der Waals surface area contributed by atoms with Gasteiger partial charge >= 0.3 is 0 Å². The molecule has 2 aromatic rings. The first-order chi connectivity index (χ1) is 7.70. The molecule has 0 bridgehead atoms. The number of rotatable bonds is 4. The second kappa shape index (κ2) is 4.85. The predicted octanol–water partition coefficient (Wildman–Crippen LogP) is 3.37. The van der Waals surface area contributed by atoms with Gasteiger partial charge in [0.25, 0.3) is 0 Å². The van der Waals surface area contributed by atoms with Crippen molar-refractivity contribution < 1.29 is 4.42 Å². The monoisotopic (exact) mass is 238 g/mol. The predicted molar refractivity (Wildman–Crippen MR) is 65.6 cm³/mol. The summed E-state index contributed by atoms with van der Waals surface area (Å²) in [5, 5.41) is 3.94. The largest absolute Gasteiger partial charge is 0.438 e. The molecular formula is C12H15ClN2O. The van der Waals surface area contributed by atoms with Gasteiger partial charge in [-0.1, -0.05) is 24.6 Å². The molecule has 86 valence electrons. The first-order valence-corrected chi connectivity index (χ1v) is 5.85. The molecule has 16 heavy (non-hydrogen) atoms. The van der Waals surface area contributed by atoms with Gasteiger partial charge in [-0.25, -0.2) is 4.98 Å². The number of oxazole rings is 1. The van der Waals surface area contributed by atoms with Crippen LogP contribution in [0.25, 0.3) is 11.1 Å². The molecule has 0 spiro atoms. The molecule has 1 heterocycles. The summed E-state index contributed by atoms with van der Waals surface area (Å²) in [6.07, 6.45) is 1.08. The summed E-state index contributed by atoms with van der Waals surface area (Å²) in [5.41, 5.74) is 1.48. The lowest BCUT2D eigenvalue weighted by Crippen LogP contribution is -2.24. The maximum Gasteiger partial charge on any atom is 0.209 e. The van der Waals surface area contributed by atoms with Crippen molar-refractivity contribution in [3.63, 3.8) is 0 Å². The number of fused-ring (bicyclic) bond motifs is 1. The number of hydrogen-bond donors (Lipinski definition) is 1. The Morgan fingerprint density at radius 3 is 3.00 bits per heavy atom. The molecule has 0 aliphatic rings. The Labute approximate surface area is 99.8 Å². The van der Waals surface area contributed by atoms with E-state index in [1.165, 1.54) is 0 Å². The topological polar surface area (TPSA) is 38.1 Å². The highest BCUT2D eigenvalue weighted by atomic mass is 35.5. The molecule has 1 aromatic carbocycles. The molecule has 0 saturated heterocycles. The minimum absolute atomic E-state index is 0.463. The number of nitrogens with zero attached hydrogens (tertiary/aromatic N) is 1. The number of hydrogen-bond acceptors (Lipinski definition) is 3. The minimum Gasteiger partial charge on any atom is -0.438 e. The summed E-state index contributed by atoms with van der Waals surface area (Å²) in [7, 11) is 0. The van der Waals surface area contributed by atoms with Crippen molar-refractivity contribution in [1.82, 2.24) is 10.3 Å². The quantitative estimate of drug-likeness (QED) is 0.888. The van der Waals surface area contributed by atoms with Crippen LogP contribution in [-0.4, -0.2) is 11.0 Å². The lowest BCUT2D eigenvalue weighted by atomic mass is 10.3. The van der Waals surface area contributed by atoms with Gasteiger partial charge < -0.3 is 9.73 Å². The molecular weight excluding hydrogens is 224 g/mol. The summed E-state index contributed by atoms with van der Waals surface area (Å²) in [6, 6.07) is 6.04. The fraction of sp³-hybridized carbons (Fsp3) is 0.417. The van der Waals surface area contributed by atoms with E-state index in [4.69, 9.17) is 16.0 Å². The van der Waals surface area contributed by atoms with E-state index in [9.17, 15) is 0 Å². The van der Waals surface area contributed by atoms with Gasteiger partial charge in [0.1, 0.15) is 5.52 Å². The Hall–Kier alpha value is -1.06. The van der Waals surface area contributed by atoms with Crippen molar-refractivity contribution in [1.29, 1.82) is 0 Å². The Balaban J connectivity index is 2.17. The van der Waals surface area contributed by atoms with Crippen LogP contribution in [0.5, 0.6) is 0 Å². The van der Waals surface area contributed by atoms with E-state index in [2.05, 4.69) is 24.1 Å². The van der Waals surface area contributed by atoms with Crippen LogP contribution >= 0.6 is 11.6 Å². The molecule has 0 aliphatic heterocycles. The van der Waals surface area contributed by atoms with Gasteiger partial charge in [0.15, 0.2) is 5.58 Å². The zero-order valence-electron chi connectivity index (χ0n) is 9.46. The average Bonchev–Trinajstić information content (AvgIpc) is 2.70. The van der Waals surface area contributed by atoms with E-state index in [-0.39, 0.29) is 0 Å². The normalized spacial score (nSPS) is 13.2. The van der Waals surface area contributed by atoms with E-state index in [0.29, 0.717) is 29.1 Å². The van der Waals surface area contributed by atoms with Gasteiger partial charge in [-0.3, -0.25) is 0 Å². The van der Waals surface area contributed by atoms with Crippen molar-refractivity contribution in [2.75, 3.05) is 0 Å². The molecule has 0 saturated carbocycles. The van der Waals surface area contributed by atoms with Gasteiger partial charge in [0, 0.05) is 6.04 Å². The van der Waals surface area contributed by atoms with E-state index >= 15 is 0 Å². The van der Waals surface area contributed by atoms with E-state index in [1.807, 2.05) is 12.1 Å². The third kappa shape index (κ3) is 2.36. The molecule has 1 aromatic heterocycles. The molecule has 1 atom stereocenters. The Bertz CT molecular complexity index is 481. The molecule has 2 rings (SSSR count). The Morgan fingerprint density at radius 1 is 1.50 bits per heavy atom. The molecule has 1 unspecified atom stereocenters. The lowest BCUT2D eigenvalue weighted by molar-refractivity contribution is 0.455. The number of benzene rings is 1. The van der Waals surface area contributed by atoms with Crippen LogP contribution in [0, 0.1) is 0 Å². The van der Waals surface area contributed by atoms with Gasteiger partial charge in [0.05, 0.1) is 11.6 Å². The van der Waals surface area contributed by atoms with E-state index in [1.54, 1.807) is 6.07 Å². The Kier molecular flexibility index (Phi) is 3.46. The van der Waals surface area contributed by atoms with Gasteiger partial charge in [-0.05, 0) is 25.5 Å². The first-order valence-electron chi connectivity index (χ1n) is 5.48. The molecule has 0 radical (unpaired) electrons. The van der Waals surface area contributed by atoms with Crippen LogP contribution in [-0.2, 0) is 6.54 Å². The maximum absolute atomic E-state index is 6.01. The Morgan fingerprint density at radius 2 is 2.31 bits per heavy atom. The summed E-state index contributed by atoms with van der Waals surface area (Å²) in [6.45, 7) is 4.91. The van der Waals surface area contributed by atoms with Crippen molar-refractivity contribution in [3.8, 4) is 0 Å². The number of halogens is 1. The van der Waals surface area contributed by atoms with Gasteiger partial charge in [0.2, 0.25) is 5.89 Å². The van der Waals surface area contributed by atoms with Gasteiger partial charge in [-0.2, -0.15) is 0 Å². The van der Waals surface area contributed by atoms with Crippen LogP contribution in [0.4, 0.5) is 0 Å². The third-order valence-corrected chi connectivity index (χ3v) is 2.92. The van der Waals surface area contributed by atoms with Crippen LogP contribution < -0.4 is 5.32 Å². The molecule has 3 nitrogen and oxygen atoms in total. The second-order valence-corrected chi connectivity index (χ2v) is 4.29. The summed E-state index contributed by atoms with van der Waals surface area (Å²) >= 11 is 6.01. The summed E-state index contributed by atoms with van der Waals surface area (Å²) < 4.78 is 5.59. The van der Waals surface area contributed by atoms with Crippen LogP contribution in [0.15, 0.2) is 22.6 Å². The smallest absolute Gasteiger partial charge is 0.209 e. The highest BCUT2D eigenvalue weighted by Gasteiger charge is 2.08. The standard InChI is InChI=1S/C12H15ClN2O/c1-3-8(2)14-7-11-15-10-6-4-5-9(13)12(10)16-11/h4-6,8,14H,3,7H2,1-2H3. The number of nitrogens with one attached hydrogen (secondary N) is 1. The molecule has 0 amide bonds. The number of para-hydroxylation sites is 1. The fourth-order valence-corrected chi connectivity index (χ4v) is 1.65. The molecule has 1 N–H and O–H groups in total. The summed E-state index contributed by atoms with van der Waals surface area (Å²) in [4.78, 5) is 4.37. The molecule has 0 fully saturated rings. The second-order valence-electron chi connectivity index (χ2n) is 3.89. The molecule has 0 aliphatic carbocycles. The fourth-order valence-electron chi connectivity index (χ4n) is 1.44. The highest BCUT2D eigenvalue weighted by Crippen LogP contribution is 2.23. The summed E-state index contributed by atoms with van der Waals surface area (Å²) in [5.74, 6) is 0.684. The van der Waals surface area contributed by atoms with Crippen LogP contribution in [0.1, 0.15) is 26.2 Å². The van der Waals surface area contributed by atoms with Crippen molar-refractivity contribution in [2.24, 2.45) is 0 Å². The van der Waals surface area contributed by atoms with Crippen LogP contribution in [0.2, 0.25) is 5.02 Å². The average molecular weight is 239 g/mol. The van der Waals surface area contributed by atoms with E-state index in [0.717, 1.165) is 11.9 Å². The van der Waals surface area contributed by atoms with Crippen molar-refractivity contribution in [2.45, 2.75) is 32.9 Å². The third-order valence-electron chi connectivity index (χ3n) is 2.63. The zero-order chi connectivity index (χ0) is 11.5. The number of aromatic nitrogens is 1. The maximum atomic E-state index is 6.01. The molecule has 4 heteroatoms. The van der Waals surface area contributed by atoms with Crippen LogP contribution in [0.3, 0.4) is 0 Å². The van der Waals surface area contributed by atoms with Crippen molar-refractivity contribution in [3.05, 3.63) is 29.1 Å². The van der Waals surface area contributed by atoms with Gasteiger partial charge in [-0.15, -0.1) is 0 Å².